The van der Waals surface area contributed by atoms with Crippen LogP contribution in [0, 0.1) is 11.8 Å². The summed E-state index contributed by atoms with van der Waals surface area (Å²) in [4.78, 5) is 2.50. The minimum Gasteiger partial charge on any atom is -0.492 e. The van der Waals surface area contributed by atoms with E-state index in [2.05, 4.69) is 51.7 Å². The summed E-state index contributed by atoms with van der Waals surface area (Å²) < 4.78 is 5.91. The first-order chi connectivity index (χ1) is 9.36. The van der Waals surface area contributed by atoms with Crippen molar-refractivity contribution in [1.82, 2.24) is 4.90 Å². The molecule has 0 bridgehead atoms. The van der Waals surface area contributed by atoms with E-state index in [0.29, 0.717) is 11.8 Å². The molecule has 20 heavy (non-hydrogen) atoms. The highest BCUT2D eigenvalue weighted by Crippen LogP contribution is 2.46. The van der Waals surface area contributed by atoms with Crippen LogP contribution in [0.3, 0.4) is 0 Å². The summed E-state index contributed by atoms with van der Waals surface area (Å²) in [7, 11) is 0. The lowest BCUT2D eigenvalue weighted by Gasteiger charge is -2.53. The minimum absolute atomic E-state index is 0.141. The first kappa shape index (κ1) is 15.8. The number of hydrogen-bond acceptors (Lipinski definition) is 2. The van der Waals surface area contributed by atoms with Gasteiger partial charge in [0.1, 0.15) is 5.76 Å². The second-order valence-corrected chi connectivity index (χ2v) is 7.56. The van der Waals surface area contributed by atoms with E-state index in [-0.39, 0.29) is 10.9 Å². The van der Waals surface area contributed by atoms with Crippen LogP contribution in [0.1, 0.15) is 47.5 Å². The Morgan fingerprint density at radius 1 is 1.50 bits per heavy atom. The molecule has 1 heterocycles. The molecule has 1 aliphatic heterocycles. The van der Waals surface area contributed by atoms with Gasteiger partial charge in [-0.1, -0.05) is 13.0 Å². The maximum absolute atomic E-state index is 6.31. The average Bonchev–Trinajstić information content (AvgIpc) is 2.34. The Bertz CT molecular complexity index is 411. The smallest absolute Gasteiger partial charge is 0.138 e. The molecular formula is C17H28ClNO. The standard InChI is InChI=1S/C17H28ClNO/c1-6-20-15-9-7-8-14-12(2)10-17(4,5)19(16(14)15)11-13(3)18/h7,9,12-14H,6,8,10-11H2,1-5H3. The van der Waals surface area contributed by atoms with Crippen molar-refractivity contribution >= 4 is 11.6 Å². The summed E-state index contributed by atoms with van der Waals surface area (Å²) in [5, 5.41) is 0.143. The first-order valence-corrected chi connectivity index (χ1v) is 8.25. The highest BCUT2D eigenvalue weighted by molar-refractivity contribution is 6.20. The third kappa shape index (κ3) is 3.00. The van der Waals surface area contributed by atoms with Gasteiger partial charge in [0.05, 0.1) is 12.3 Å². The Morgan fingerprint density at radius 3 is 2.80 bits per heavy atom. The molecule has 114 valence electrons. The van der Waals surface area contributed by atoms with Crippen molar-refractivity contribution in [3.8, 4) is 0 Å². The quantitative estimate of drug-likeness (QED) is 0.705. The molecule has 0 N–H and O–H groups in total. The summed E-state index contributed by atoms with van der Waals surface area (Å²) in [6.07, 6.45) is 6.74. The van der Waals surface area contributed by atoms with Gasteiger partial charge in [-0.3, -0.25) is 0 Å². The molecule has 3 atom stereocenters. The van der Waals surface area contributed by atoms with Gasteiger partial charge in [0.25, 0.3) is 0 Å². The van der Waals surface area contributed by atoms with Crippen LogP contribution in [0.5, 0.6) is 0 Å². The average molecular weight is 298 g/mol. The SMILES string of the molecule is CCOC1=C2C(CC=C1)C(C)CC(C)(C)N2CC(C)Cl. The van der Waals surface area contributed by atoms with Crippen molar-refractivity contribution in [3.63, 3.8) is 0 Å². The third-order valence-electron chi connectivity index (χ3n) is 4.53. The number of ether oxygens (including phenoxy) is 1. The molecule has 3 unspecified atom stereocenters. The predicted octanol–water partition coefficient (Wildman–Crippen LogP) is 4.56. The van der Waals surface area contributed by atoms with E-state index in [1.807, 2.05) is 0 Å². The normalized spacial score (nSPS) is 30.2. The molecule has 0 aromatic carbocycles. The Kier molecular flexibility index (Phi) is 4.73. The van der Waals surface area contributed by atoms with Gasteiger partial charge >= 0.3 is 0 Å². The molecule has 0 spiro atoms. The lowest BCUT2D eigenvalue weighted by molar-refractivity contribution is 0.0475. The molecule has 0 aromatic heterocycles. The number of hydrogen-bond donors (Lipinski definition) is 0. The molecule has 1 saturated heterocycles. The van der Waals surface area contributed by atoms with Gasteiger partial charge in [-0.05, 0) is 52.5 Å². The zero-order chi connectivity index (χ0) is 14.9. The van der Waals surface area contributed by atoms with Crippen LogP contribution < -0.4 is 0 Å². The summed E-state index contributed by atoms with van der Waals surface area (Å²) in [5.74, 6) is 2.31. The van der Waals surface area contributed by atoms with Crippen molar-refractivity contribution in [2.45, 2.75) is 58.4 Å². The number of piperidine rings is 1. The topological polar surface area (TPSA) is 12.5 Å². The maximum atomic E-state index is 6.31. The molecule has 2 nitrogen and oxygen atoms in total. The van der Waals surface area contributed by atoms with E-state index >= 15 is 0 Å². The van der Waals surface area contributed by atoms with E-state index in [1.54, 1.807) is 0 Å². The first-order valence-electron chi connectivity index (χ1n) is 7.82. The molecule has 2 aliphatic rings. The predicted molar refractivity (Wildman–Crippen MR) is 85.8 cm³/mol. The monoisotopic (exact) mass is 297 g/mol. The molecule has 0 radical (unpaired) electrons. The number of alkyl halides is 1. The van der Waals surface area contributed by atoms with E-state index in [1.165, 1.54) is 12.1 Å². The highest BCUT2D eigenvalue weighted by atomic mass is 35.5. The van der Waals surface area contributed by atoms with Crippen LogP contribution in [0.4, 0.5) is 0 Å². The Morgan fingerprint density at radius 2 is 2.20 bits per heavy atom. The summed E-state index contributed by atoms with van der Waals surface area (Å²) in [6, 6.07) is 0. The van der Waals surface area contributed by atoms with E-state index in [4.69, 9.17) is 16.3 Å². The Hall–Kier alpha value is -0.630. The largest absolute Gasteiger partial charge is 0.492 e. The number of nitrogens with zero attached hydrogens (tertiary/aromatic N) is 1. The van der Waals surface area contributed by atoms with Gasteiger partial charge in [0.2, 0.25) is 0 Å². The van der Waals surface area contributed by atoms with Crippen molar-refractivity contribution in [3.05, 3.63) is 23.6 Å². The van der Waals surface area contributed by atoms with E-state index in [9.17, 15) is 0 Å². The fourth-order valence-corrected chi connectivity index (χ4v) is 3.92. The lowest BCUT2D eigenvalue weighted by Crippen LogP contribution is -2.54. The molecule has 0 aromatic rings. The van der Waals surface area contributed by atoms with Crippen LogP contribution in [0.25, 0.3) is 0 Å². The van der Waals surface area contributed by atoms with Crippen LogP contribution in [0.2, 0.25) is 0 Å². The third-order valence-corrected chi connectivity index (χ3v) is 4.66. The van der Waals surface area contributed by atoms with Gasteiger partial charge < -0.3 is 9.64 Å². The highest BCUT2D eigenvalue weighted by Gasteiger charge is 2.43. The zero-order valence-corrected chi connectivity index (χ0v) is 14.2. The van der Waals surface area contributed by atoms with Crippen molar-refractivity contribution in [1.29, 1.82) is 0 Å². The molecule has 3 heteroatoms. The number of allylic oxidation sites excluding steroid dienone is 3. The van der Waals surface area contributed by atoms with Gasteiger partial charge in [-0.25, -0.2) is 0 Å². The van der Waals surface area contributed by atoms with Crippen LogP contribution in [-0.2, 0) is 4.74 Å². The lowest BCUT2D eigenvalue weighted by atomic mass is 9.72. The second-order valence-electron chi connectivity index (χ2n) is 6.81. The summed E-state index contributed by atoms with van der Waals surface area (Å²) >= 11 is 6.31. The molecule has 0 saturated carbocycles. The van der Waals surface area contributed by atoms with Gasteiger partial charge in [-0.15, -0.1) is 11.6 Å². The number of halogens is 1. The van der Waals surface area contributed by atoms with Crippen LogP contribution in [-0.4, -0.2) is 29.0 Å². The van der Waals surface area contributed by atoms with Crippen molar-refractivity contribution in [2.75, 3.05) is 13.2 Å². The zero-order valence-electron chi connectivity index (χ0n) is 13.4. The van der Waals surface area contributed by atoms with Crippen LogP contribution in [0.15, 0.2) is 23.6 Å². The fourth-order valence-electron chi connectivity index (χ4n) is 3.78. The minimum atomic E-state index is 0.141. The van der Waals surface area contributed by atoms with Crippen LogP contribution >= 0.6 is 11.6 Å². The molecule has 2 rings (SSSR count). The molecule has 1 aliphatic carbocycles. The maximum Gasteiger partial charge on any atom is 0.138 e. The number of rotatable bonds is 4. The summed E-state index contributed by atoms with van der Waals surface area (Å²) in [6.45, 7) is 12.8. The summed E-state index contributed by atoms with van der Waals surface area (Å²) in [5.41, 5.74) is 1.52. The Labute approximate surface area is 128 Å². The van der Waals surface area contributed by atoms with Crippen molar-refractivity contribution < 1.29 is 4.74 Å². The molecule has 1 fully saturated rings. The number of fused-ring (bicyclic) bond motifs is 1. The number of likely N-dealkylation sites (tertiary alicyclic amines) is 1. The van der Waals surface area contributed by atoms with E-state index < -0.39 is 0 Å². The van der Waals surface area contributed by atoms with Crippen molar-refractivity contribution in [2.24, 2.45) is 11.8 Å². The van der Waals surface area contributed by atoms with E-state index in [0.717, 1.165) is 25.3 Å². The molecular weight excluding hydrogens is 270 g/mol. The fraction of sp³-hybridized carbons (Fsp3) is 0.765. The Balaban J connectivity index is 2.44. The molecule has 0 amide bonds. The van der Waals surface area contributed by atoms with Gasteiger partial charge in [0, 0.05) is 23.4 Å². The van der Waals surface area contributed by atoms with Gasteiger partial charge in [-0.2, -0.15) is 0 Å². The second kappa shape index (κ2) is 6.01. The van der Waals surface area contributed by atoms with Gasteiger partial charge in [0.15, 0.2) is 0 Å².